The Kier molecular flexibility index (Phi) is 8.87. The molecule has 0 bridgehead atoms. The Bertz CT molecular complexity index is 3220. The zero-order valence-corrected chi connectivity index (χ0v) is 33.0. The average molecular weight is 765 g/mol. The number of hydrogen-bond donors (Lipinski definition) is 0. The Morgan fingerprint density at radius 3 is 1.50 bits per heavy atom. The summed E-state index contributed by atoms with van der Waals surface area (Å²) in [5, 5.41) is 4.96. The summed E-state index contributed by atoms with van der Waals surface area (Å²) in [4.78, 5) is 2.41. The summed E-state index contributed by atoms with van der Waals surface area (Å²) in [6.45, 7) is 0. The Balaban J connectivity index is 1.14. The maximum Gasteiger partial charge on any atom is 0.0619 e. The van der Waals surface area contributed by atoms with Crippen LogP contribution in [0, 0.1) is 0 Å². The third-order valence-electron chi connectivity index (χ3n) is 11.7. The Morgan fingerprint density at radius 2 is 0.833 bits per heavy atom. The molecular weight excluding hydrogens is 725 g/mol. The van der Waals surface area contributed by atoms with Gasteiger partial charge in [-0.05, 0) is 111 Å². The molecule has 0 unspecified atom stereocenters. The quantitative estimate of drug-likeness (QED) is 0.150. The largest absolute Gasteiger partial charge is 0.310 e. The number of nitrogens with zero attached hydrogens (tertiary/aromatic N) is 2. The molecule has 1 heterocycles. The fourth-order valence-electron chi connectivity index (χ4n) is 8.94. The molecule has 0 fully saturated rings. The molecule has 0 aliphatic carbocycles. The number of aromatic nitrogens is 1. The van der Waals surface area contributed by atoms with Gasteiger partial charge in [0.15, 0.2) is 0 Å². The van der Waals surface area contributed by atoms with Crippen molar-refractivity contribution >= 4 is 49.6 Å². The smallest absolute Gasteiger partial charge is 0.0619 e. The lowest BCUT2D eigenvalue weighted by atomic mass is 9.96. The molecule has 11 aromatic rings. The van der Waals surface area contributed by atoms with E-state index in [9.17, 15) is 0 Å². The second-order valence-corrected chi connectivity index (χ2v) is 15.4. The van der Waals surface area contributed by atoms with Gasteiger partial charge in [-0.1, -0.05) is 182 Å². The van der Waals surface area contributed by atoms with E-state index in [-0.39, 0.29) is 0 Å². The first-order valence-electron chi connectivity index (χ1n) is 20.6. The van der Waals surface area contributed by atoms with Gasteiger partial charge in [0.1, 0.15) is 0 Å². The molecule has 11 rings (SSSR count). The van der Waals surface area contributed by atoms with Crippen molar-refractivity contribution in [3.8, 4) is 50.2 Å². The van der Waals surface area contributed by atoms with E-state index in [2.05, 4.69) is 252 Å². The van der Waals surface area contributed by atoms with Crippen molar-refractivity contribution < 1.29 is 0 Å². The van der Waals surface area contributed by atoms with Crippen molar-refractivity contribution in [1.82, 2.24) is 4.57 Å². The van der Waals surface area contributed by atoms with Crippen LogP contribution < -0.4 is 4.90 Å². The van der Waals surface area contributed by atoms with Gasteiger partial charge < -0.3 is 9.47 Å². The van der Waals surface area contributed by atoms with Crippen LogP contribution in [-0.2, 0) is 0 Å². The van der Waals surface area contributed by atoms with Crippen LogP contribution in [0.1, 0.15) is 0 Å². The third-order valence-corrected chi connectivity index (χ3v) is 11.7. The number of hydrogen-bond acceptors (Lipinski definition) is 1. The van der Waals surface area contributed by atoms with E-state index in [0.29, 0.717) is 0 Å². The number of anilines is 3. The average Bonchev–Trinajstić information content (AvgIpc) is 3.68. The second kappa shape index (κ2) is 15.1. The molecule has 0 aliphatic rings. The zero-order valence-electron chi connectivity index (χ0n) is 33.0. The predicted octanol–water partition coefficient (Wildman–Crippen LogP) is 16.1. The molecule has 0 saturated carbocycles. The minimum atomic E-state index is 1.08. The van der Waals surface area contributed by atoms with Crippen molar-refractivity contribution in [2.45, 2.75) is 0 Å². The molecular formula is C58H40N2. The van der Waals surface area contributed by atoms with Crippen molar-refractivity contribution in [2.75, 3.05) is 4.90 Å². The van der Waals surface area contributed by atoms with Gasteiger partial charge in [0.2, 0.25) is 0 Å². The molecule has 2 heteroatoms. The molecule has 0 aliphatic heterocycles. The molecule has 0 atom stereocenters. The van der Waals surface area contributed by atoms with Crippen LogP contribution in [-0.4, -0.2) is 4.57 Å². The first kappa shape index (κ1) is 35.2. The molecule has 0 amide bonds. The number of benzene rings is 10. The maximum atomic E-state index is 2.45. The van der Waals surface area contributed by atoms with Crippen LogP contribution in [0.4, 0.5) is 17.1 Å². The van der Waals surface area contributed by atoms with E-state index in [1.165, 1.54) is 71.5 Å². The van der Waals surface area contributed by atoms with Gasteiger partial charge in [-0.25, -0.2) is 0 Å². The van der Waals surface area contributed by atoms with E-state index >= 15 is 0 Å². The van der Waals surface area contributed by atoms with Gasteiger partial charge >= 0.3 is 0 Å². The Morgan fingerprint density at radius 1 is 0.300 bits per heavy atom. The fourth-order valence-corrected chi connectivity index (χ4v) is 8.94. The van der Waals surface area contributed by atoms with E-state index in [4.69, 9.17) is 0 Å². The van der Waals surface area contributed by atoms with E-state index in [1.54, 1.807) is 0 Å². The van der Waals surface area contributed by atoms with Gasteiger partial charge in [0.25, 0.3) is 0 Å². The number of rotatable bonds is 8. The van der Waals surface area contributed by atoms with Gasteiger partial charge in [-0.2, -0.15) is 0 Å². The summed E-state index contributed by atoms with van der Waals surface area (Å²) >= 11 is 0. The SMILES string of the molecule is c1ccc(-c2ccc(N(c3cc(-c4ccccc4)cc(-c4ccccc4)c3)c3cccc(-c4cccc5c4c4ccc6ccccc6c4n5-c4ccccc4)c3)cc2)cc1. The fraction of sp³-hybridized carbons (Fsp3) is 0. The molecule has 282 valence electrons. The normalized spacial score (nSPS) is 11.3. The zero-order chi connectivity index (χ0) is 39.8. The summed E-state index contributed by atoms with van der Waals surface area (Å²) in [7, 11) is 0. The molecule has 0 N–H and O–H groups in total. The van der Waals surface area contributed by atoms with Crippen molar-refractivity contribution in [1.29, 1.82) is 0 Å². The molecule has 1 aromatic heterocycles. The molecule has 0 spiro atoms. The number of para-hydroxylation sites is 1. The monoisotopic (exact) mass is 764 g/mol. The van der Waals surface area contributed by atoms with Gasteiger partial charge in [-0.3, -0.25) is 0 Å². The summed E-state index contributed by atoms with van der Waals surface area (Å²) in [6.07, 6.45) is 0. The van der Waals surface area contributed by atoms with Crippen LogP contribution in [0.2, 0.25) is 0 Å². The van der Waals surface area contributed by atoms with Crippen molar-refractivity contribution in [3.63, 3.8) is 0 Å². The van der Waals surface area contributed by atoms with Gasteiger partial charge in [0, 0.05) is 38.9 Å². The van der Waals surface area contributed by atoms with E-state index in [1.807, 2.05) is 0 Å². The molecule has 60 heavy (non-hydrogen) atoms. The Hall–Kier alpha value is -7.94. The van der Waals surface area contributed by atoms with E-state index in [0.717, 1.165) is 28.3 Å². The van der Waals surface area contributed by atoms with Crippen LogP contribution in [0.15, 0.2) is 243 Å². The highest BCUT2D eigenvalue weighted by Crippen LogP contribution is 2.44. The van der Waals surface area contributed by atoms with Gasteiger partial charge in [0.05, 0.1) is 11.0 Å². The lowest BCUT2D eigenvalue weighted by Gasteiger charge is -2.27. The second-order valence-electron chi connectivity index (χ2n) is 15.4. The predicted molar refractivity (Wildman–Crippen MR) is 255 cm³/mol. The Labute approximate surface area is 350 Å². The standard InChI is InChI=1S/C58H40N2/c1-5-17-41(18-6-1)44-31-34-50(35-32-44)59(52-39-47(42-19-7-2-8-20-42)37-48(40-52)43-21-9-3-10-22-43)51-27-15-24-46(38-51)53-29-16-30-56-57(53)55-36-33-45-23-13-14-28-54(45)58(55)60(56)49-25-11-4-12-26-49/h1-40H. The minimum absolute atomic E-state index is 1.08. The van der Waals surface area contributed by atoms with Crippen LogP contribution in [0.5, 0.6) is 0 Å². The lowest BCUT2D eigenvalue weighted by molar-refractivity contribution is 1.19. The topological polar surface area (TPSA) is 8.17 Å². The molecule has 0 saturated heterocycles. The lowest BCUT2D eigenvalue weighted by Crippen LogP contribution is -2.10. The first-order valence-corrected chi connectivity index (χ1v) is 20.6. The highest BCUT2D eigenvalue weighted by molar-refractivity contribution is 6.22. The van der Waals surface area contributed by atoms with Gasteiger partial charge in [-0.15, -0.1) is 0 Å². The minimum Gasteiger partial charge on any atom is -0.310 e. The summed E-state index contributed by atoms with van der Waals surface area (Å²) in [5.41, 5.74) is 16.3. The van der Waals surface area contributed by atoms with Crippen molar-refractivity contribution in [3.05, 3.63) is 243 Å². The van der Waals surface area contributed by atoms with Crippen LogP contribution in [0.3, 0.4) is 0 Å². The van der Waals surface area contributed by atoms with Crippen LogP contribution >= 0.6 is 0 Å². The highest BCUT2D eigenvalue weighted by Gasteiger charge is 2.21. The van der Waals surface area contributed by atoms with Crippen molar-refractivity contribution in [2.24, 2.45) is 0 Å². The molecule has 10 aromatic carbocycles. The number of fused-ring (bicyclic) bond motifs is 5. The summed E-state index contributed by atoms with van der Waals surface area (Å²) < 4.78 is 2.45. The summed E-state index contributed by atoms with van der Waals surface area (Å²) in [6, 6.07) is 87.9. The maximum absolute atomic E-state index is 2.45. The summed E-state index contributed by atoms with van der Waals surface area (Å²) in [5.74, 6) is 0. The molecule has 0 radical (unpaired) electrons. The highest BCUT2D eigenvalue weighted by atomic mass is 15.1. The first-order chi connectivity index (χ1) is 29.8. The van der Waals surface area contributed by atoms with E-state index < -0.39 is 0 Å². The third kappa shape index (κ3) is 6.32. The molecule has 2 nitrogen and oxygen atoms in total. The van der Waals surface area contributed by atoms with Crippen LogP contribution in [0.25, 0.3) is 82.8 Å².